The lowest BCUT2D eigenvalue weighted by molar-refractivity contribution is -0.139. The summed E-state index contributed by atoms with van der Waals surface area (Å²) in [7, 11) is 0. The maximum atomic E-state index is 10.4. The molecule has 0 radical (unpaired) electrons. The summed E-state index contributed by atoms with van der Waals surface area (Å²) in [5, 5.41) is 12.5. The Morgan fingerprint density at radius 2 is 1.77 bits per heavy atom. The van der Waals surface area contributed by atoms with Crippen molar-refractivity contribution in [2.75, 3.05) is 6.61 Å². The molecule has 0 amide bonds. The van der Waals surface area contributed by atoms with E-state index in [9.17, 15) is 4.79 Å². The van der Waals surface area contributed by atoms with Crippen LogP contribution in [-0.2, 0) is 4.79 Å². The molecule has 0 saturated heterocycles. The van der Waals surface area contributed by atoms with E-state index in [-0.39, 0.29) is 6.61 Å². The number of aromatic nitrogens is 2. The van der Waals surface area contributed by atoms with Gasteiger partial charge in [0.15, 0.2) is 6.61 Å². The summed E-state index contributed by atoms with van der Waals surface area (Å²) < 4.78 is 10.3. The molecule has 0 unspecified atom stereocenters. The number of hydrogen-bond acceptors (Lipinski definition) is 5. The number of ether oxygens (including phenoxy) is 1. The zero-order valence-electron chi connectivity index (χ0n) is 11.5. The minimum absolute atomic E-state index is 0.377. The quantitative estimate of drug-likeness (QED) is 0.779. The predicted octanol–water partition coefficient (Wildman–Crippen LogP) is 2.87. The van der Waals surface area contributed by atoms with Crippen molar-refractivity contribution in [3.8, 4) is 28.6 Å². The van der Waals surface area contributed by atoms with E-state index < -0.39 is 5.97 Å². The molecule has 3 aromatic rings. The Balaban J connectivity index is 1.77. The number of hydrogen-bond donors (Lipinski definition) is 1. The summed E-state index contributed by atoms with van der Waals surface area (Å²) in [6.45, 7) is -0.377. The molecule has 0 saturated carbocycles. The van der Waals surface area contributed by atoms with E-state index in [0.717, 1.165) is 11.1 Å². The van der Waals surface area contributed by atoms with E-state index in [2.05, 4.69) is 10.1 Å². The third kappa shape index (κ3) is 3.12. The maximum absolute atomic E-state index is 10.4. The SMILES string of the molecule is O=C(O)COc1ccc(-c2nc(-c3ccccc3)no2)cc1. The Hall–Kier alpha value is -3.15. The average Bonchev–Trinajstić information content (AvgIpc) is 3.04. The topological polar surface area (TPSA) is 85.5 Å². The van der Waals surface area contributed by atoms with Crippen molar-refractivity contribution in [2.45, 2.75) is 0 Å². The third-order valence-corrected chi connectivity index (χ3v) is 2.92. The normalized spacial score (nSPS) is 10.4. The van der Waals surface area contributed by atoms with Crippen LogP contribution in [0.5, 0.6) is 5.75 Å². The summed E-state index contributed by atoms with van der Waals surface area (Å²) in [6, 6.07) is 16.3. The maximum Gasteiger partial charge on any atom is 0.341 e. The summed E-state index contributed by atoms with van der Waals surface area (Å²) in [6.07, 6.45) is 0. The number of rotatable bonds is 5. The van der Waals surface area contributed by atoms with Gasteiger partial charge in [-0.05, 0) is 24.3 Å². The minimum atomic E-state index is -1.02. The number of carboxylic acid groups (broad SMARTS) is 1. The van der Waals surface area contributed by atoms with Gasteiger partial charge in [-0.25, -0.2) is 4.79 Å². The molecule has 1 aromatic heterocycles. The Labute approximate surface area is 126 Å². The van der Waals surface area contributed by atoms with Crippen LogP contribution in [0.4, 0.5) is 0 Å². The van der Waals surface area contributed by atoms with Crippen LogP contribution in [0, 0.1) is 0 Å². The zero-order chi connectivity index (χ0) is 15.4. The monoisotopic (exact) mass is 296 g/mol. The molecule has 1 heterocycles. The molecule has 6 heteroatoms. The van der Waals surface area contributed by atoms with Gasteiger partial charge in [-0.15, -0.1) is 0 Å². The Morgan fingerprint density at radius 3 is 2.45 bits per heavy atom. The highest BCUT2D eigenvalue weighted by atomic mass is 16.5. The Kier molecular flexibility index (Phi) is 3.82. The van der Waals surface area contributed by atoms with Gasteiger partial charge in [0.25, 0.3) is 5.89 Å². The van der Waals surface area contributed by atoms with Crippen molar-refractivity contribution < 1.29 is 19.2 Å². The molecule has 0 fully saturated rings. The standard InChI is InChI=1S/C16H12N2O4/c19-14(20)10-21-13-8-6-12(7-9-13)16-17-15(18-22-16)11-4-2-1-3-5-11/h1-9H,10H2,(H,19,20). The van der Waals surface area contributed by atoms with E-state index >= 15 is 0 Å². The molecule has 1 N–H and O–H groups in total. The number of carbonyl (C=O) groups is 1. The minimum Gasteiger partial charge on any atom is -0.482 e. The van der Waals surface area contributed by atoms with Crippen molar-refractivity contribution in [3.05, 3.63) is 54.6 Å². The number of carboxylic acids is 1. The highest BCUT2D eigenvalue weighted by molar-refractivity contribution is 5.68. The van der Waals surface area contributed by atoms with E-state index in [1.54, 1.807) is 24.3 Å². The highest BCUT2D eigenvalue weighted by Crippen LogP contribution is 2.23. The van der Waals surface area contributed by atoms with Crippen LogP contribution in [0.1, 0.15) is 0 Å². The smallest absolute Gasteiger partial charge is 0.341 e. The van der Waals surface area contributed by atoms with Gasteiger partial charge in [0.1, 0.15) is 5.75 Å². The number of aliphatic carboxylic acids is 1. The molecule has 3 rings (SSSR count). The lowest BCUT2D eigenvalue weighted by atomic mass is 10.2. The number of benzene rings is 2. The summed E-state index contributed by atoms with van der Waals surface area (Å²) in [4.78, 5) is 14.8. The van der Waals surface area contributed by atoms with Crippen LogP contribution < -0.4 is 4.74 Å². The number of nitrogens with zero attached hydrogens (tertiary/aromatic N) is 2. The molecular weight excluding hydrogens is 284 g/mol. The second-order valence-corrected chi connectivity index (χ2v) is 4.50. The first kappa shape index (κ1) is 13.8. The molecule has 2 aromatic carbocycles. The average molecular weight is 296 g/mol. The van der Waals surface area contributed by atoms with Crippen molar-refractivity contribution >= 4 is 5.97 Å². The van der Waals surface area contributed by atoms with Gasteiger partial charge >= 0.3 is 5.97 Å². The first-order valence-corrected chi connectivity index (χ1v) is 6.56. The molecule has 110 valence electrons. The predicted molar refractivity (Wildman–Crippen MR) is 78.3 cm³/mol. The second-order valence-electron chi connectivity index (χ2n) is 4.50. The van der Waals surface area contributed by atoms with Crippen molar-refractivity contribution in [1.82, 2.24) is 10.1 Å². The van der Waals surface area contributed by atoms with Crippen LogP contribution in [0.3, 0.4) is 0 Å². The molecule has 0 aliphatic rings. The summed E-state index contributed by atoms with van der Waals surface area (Å²) in [5.41, 5.74) is 1.61. The largest absolute Gasteiger partial charge is 0.482 e. The van der Waals surface area contributed by atoms with Gasteiger partial charge in [-0.1, -0.05) is 35.5 Å². The first-order chi connectivity index (χ1) is 10.7. The third-order valence-electron chi connectivity index (χ3n) is 2.92. The van der Waals surface area contributed by atoms with Crippen LogP contribution in [0.25, 0.3) is 22.8 Å². The molecule has 0 aliphatic heterocycles. The Morgan fingerprint density at radius 1 is 1.05 bits per heavy atom. The van der Waals surface area contributed by atoms with E-state index in [0.29, 0.717) is 17.5 Å². The van der Waals surface area contributed by atoms with Gasteiger partial charge in [-0.3, -0.25) is 0 Å². The van der Waals surface area contributed by atoms with E-state index in [1.807, 2.05) is 30.3 Å². The lowest BCUT2D eigenvalue weighted by Gasteiger charge is -2.02. The van der Waals surface area contributed by atoms with Crippen LogP contribution in [0.2, 0.25) is 0 Å². The molecule has 0 bridgehead atoms. The summed E-state index contributed by atoms with van der Waals surface area (Å²) in [5.74, 6) is 0.355. The molecule has 0 atom stereocenters. The fraction of sp³-hybridized carbons (Fsp3) is 0.0625. The Bertz CT molecular complexity index is 766. The molecule has 0 spiro atoms. The van der Waals surface area contributed by atoms with Gasteiger partial charge in [0.05, 0.1) is 0 Å². The second kappa shape index (κ2) is 6.09. The van der Waals surface area contributed by atoms with Gasteiger partial charge in [-0.2, -0.15) is 4.98 Å². The van der Waals surface area contributed by atoms with Gasteiger partial charge in [0, 0.05) is 11.1 Å². The van der Waals surface area contributed by atoms with E-state index in [1.165, 1.54) is 0 Å². The molecule has 22 heavy (non-hydrogen) atoms. The molecule has 6 nitrogen and oxygen atoms in total. The summed E-state index contributed by atoms with van der Waals surface area (Å²) >= 11 is 0. The molecule has 0 aliphatic carbocycles. The fourth-order valence-corrected chi connectivity index (χ4v) is 1.88. The zero-order valence-corrected chi connectivity index (χ0v) is 11.5. The molecular formula is C16H12N2O4. The highest BCUT2D eigenvalue weighted by Gasteiger charge is 2.10. The van der Waals surface area contributed by atoms with Gasteiger partial charge < -0.3 is 14.4 Å². The van der Waals surface area contributed by atoms with Crippen molar-refractivity contribution in [2.24, 2.45) is 0 Å². The van der Waals surface area contributed by atoms with Crippen LogP contribution in [0.15, 0.2) is 59.1 Å². The van der Waals surface area contributed by atoms with E-state index in [4.69, 9.17) is 14.4 Å². The lowest BCUT2D eigenvalue weighted by Crippen LogP contribution is -2.09. The fourth-order valence-electron chi connectivity index (χ4n) is 1.88. The van der Waals surface area contributed by atoms with Crippen LogP contribution >= 0.6 is 0 Å². The van der Waals surface area contributed by atoms with Crippen molar-refractivity contribution in [1.29, 1.82) is 0 Å². The van der Waals surface area contributed by atoms with Crippen LogP contribution in [-0.4, -0.2) is 27.8 Å². The van der Waals surface area contributed by atoms with Gasteiger partial charge in [0.2, 0.25) is 5.82 Å². The van der Waals surface area contributed by atoms with Crippen molar-refractivity contribution in [3.63, 3.8) is 0 Å². The first-order valence-electron chi connectivity index (χ1n) is 6.56.